The van der Waals surface area contributed by atoms with Crippen LogP contribution in [0.25, 0.3) is 11.1 Å². The molecule has 0 fully saturated rings. The van der Waals surface area contributed by atoms with Gasteiger partial charge < -0.3 is 14.8 Å². The molecule has 0 heterocycles. The molecular formula is C30H27NO5. The van der Waals surface area contributed by atoms with E-state index >= 15 is 0 Å². The lowest BCUT2D eigenvalue weighted by atomic mass is 9.98. The Hall–Kier alpha value is -4.37. The molecule has 6 nitrogen and oxygen atoms in total. The number of benzene rings is 3. The third kappa shape index (κ3) is 6.00. The van der Waals surface area contributed by atoms with Gasteiger partial charge in [-0.2, -0.15) is 0 Å². The van der Waals surface area contributed by atoms with Crippen molar-refractivity contribution in [1.29, 1.82) is 0 Å². The van der Waals surface area contributed by atoms with Gasteiger partial charge in [0.15, 0.2) is 5.78 Å². The lowest BCUT2D eigenvalue weighted by molar-refractivity contribution is -0.143. The highest BCUT2D eigenvalue weighted by atomic mass is 16.5. The minimum atomic E-state index is -0.520. The molecule has 0 unspecified atom stereocenters. The topological polar surface area (TPSA) is 81.7 Å². The second-order valence-electron chi connectivity index (χ2n) is 8.29. The first kappa shape index (κ1) is 24.7. The zero-order valence-electron chi connectivity index (χ0n) is 20.1. The van der Waals surface area contributed by atoms with Gasteiger partial charge in [-0.3, -0.25) is 9.59 Å². The Morgan fingerprint density at radius 2 is 1.47 bits per heavy atom. The van der Waals surface area contributed by atoms with E-state index in [2.05, 4.69) is 41.4 Å². The number of carbonyl (C=O) groups excluding carboxylic acids is 3. The molecule has 3 aromatic rings. The van der Waals surface area contributed by atoms with Gasteiger partial charge in [0, 0.05) is 23.5 Å². The van der Waals surface area contributed by atoms with Gasteiger partial charge >= 0.3 is 12.1 Å². The van der Waals surface area contributed by atoms with Crippen molar-refractivity contribution in [2.24, 2.45) is 0 Å². The van der Waals surface area contributed by atoms with Crippen LogP contribution in [0.3, 0.4) is 0 Å². The molecule has 0 bridgehead atoms. The predicted octanol–water partition coefficient (Wildman–Crippen LogP) is 5.10. The van der Waals surface area contributed by atoms with Crippen LogP contribution in [0.1, 0.15) is 52.7 Å². The monoisotopic (exact) mass is 481 g/mol. The Morgan fingerprint density at radius 3 is 2.11 bits per heavy atom. The fourth-order valence-corrected chi connectivity index (χ4v) is 4.24. The van der Waals surface area contributed by atoms with E-state index in [1.54, 1.807) is 31.2 Å². The van der Waals surface area contributed by atoms with Crippen molar-refractivity contribution in [3.63, 3.8) is 0 Å². The van der Waals surface area contributed by atoms with E-state index in [9.17, 15) is 14.4 Å². The number of ketones is 1. The SMILES string of the molecule is CCOC(=O)CCC(=O)c1ccc(C#CCNC(=O)OCC2c3ccccc3-c3ccccc32)cc1. The fraction of sp³-hybridized carbons (Fsp3) is 0.233. The summed E-state index contributed by atoms with van der Waals surface area (Å²) in [6, 6.07) is 23.2. The molecule has 1 amide bonds. The number of rotatable bonds is 8. The average Bonchev–Trinajstić information content (AvgIpc) is 3.23. The average molecular weight is 482 g/mol. The molecule has 1 N–H and O–H groups in total. The largest absolute Gasteiger partial charge is 0.466 e. The van der Waals surface area contributed by atoms with Crippen molar-refractivity contribution < 1.29 is 23.9 Å². The van der Waals surface area contributed by atoms with Crippen LogP contribution >= 0.6 is 0 Å². The van der Waals surface area contributed by atoms with E-state index in [4.69, 9.17) is 9.47 Å². The first-order valence-electron chi connectivity index (χ1n) is 11.9. The minimum Gasteiger partial charge on any atom is -0.466 e. The number of carbonyl (C=O) groups is 3. The molecule has 0 aromatic heterocycles. The van der Waals surface area contributed by atoms with Crippen LogP contribution < -0.4 is 5.32 Å². The van der Waals surface area contributed by atoms with Gasteiger partial charge in [-0.15, -0.1) is 0 Å². The maximum absolute atomic E-state index is 12.2. The maximum atomic E-state index is 12.2. The lowest BCUT2D eigenvalue weighted by Crippen LogP contribution is -2.26. The number of amides is 1. The van der Waals surface area contributed by atoms with Crippen LogP contribution in [0.15, 0.2) is 72.8 Å². The molecule has 4 rings (SSSR count). The van der Waals surface area contributed by atoms with Crippen molar-refractivity contribution in [2.75, 3.05) is 19.8 Å². The second-order valence-corrected chi connectivity index (χ2v) is 8.29. The van der Waals surface area contributed by atoms with Gasteiger partial charge in [0.25, 0.3) is 0 Å². The maximum Gasteiger partial charge on any atom is 0.407 e. The molecule has 0 saturated carbocycles. The van der Waals surface area contributed by atoms with Crippen LogP contribution in [0, 0.1) is 11.8 Å². The third-order valence-corrected chi connectivity index (χ3v) is 5.97. The Morgan fingerprint density at radius 1 is 0.833 bits per heavy atom. The van der Waals surface area contributed by atoms with Crippen LogP contribution in [0.5, 0.6) is 0 Å². The summed E-state index contributed by atoms with van der Waals surface area (Å²) in [7, 11) is 0. The quantitative estimate of drug-likeness (QED) is 0.275. The number of hydrogen-bond acceptors (Lipinski definition) is 5. The fourth-order valence-electron chi connectivity index (χ4n) is 4.24. The van der Waals surface area contributed by atoms with Crippen molar-refractivity contribution in [3.8, 4) is 23.0 Å². The highest BCUT2D eigenvalue weighted by Crippen LogP contribution is 2.44. The summed E-state index contributed by atoms with van der Waals surface area (Å²) >= 11 is 0. The van der Waals surface area contributed by atoms with Gasteiger partial charge in [0.2, 0.25) is 0 Å². The van der Waals surface area contributed by atoms with Gasteiger partial charge in [0.1, 0.15) is 6.61 Å². The summed E-state index contributed by atoms with van der Waals surface area (Å²) in [4.78, 5) is 35.8. The number of ether oxygens (including phenoxy) is 2. The molecule has 0 atom stereocenters. The summed E-state index contributed by atoms with van der Waals surface area (Å²) in [5.41, 5.74) is 5.91. The number of alkyl carbamates (subject to hydrolysis) is 1. The molecule has 36 heavy (non-hydrogen) atoms. The van der Waals surface area contributed by atoms with Crippen molar-refractivity contribution >= 4 is 17.8 Å². The number of hydrogen-bond donors (Lipinski definition) is 1. The Bertz CT molecular complexity index is 1270. The van der Waals surface area contributed by atoms with E-state index < -0.39 is 6.09 Å². The van der Waals surface area contributed by atoms with Crippen molar-refractivity contribution in [2.45, 2.75) is 25.7 Å². The molecule has 0 radical (unpaired) electrons. The van der Waals surface area contributed by atoms with E-state index in [1.165, 1.54) is 11.1 Å². The summed E-state index contributed by atoms with van der Waals surface area (Å²) < 4.78 is 10.3. The van der Waals surface area contributed by atoms with Crippen LogP contribution in [-0.4, -0.2) is 37.6 Å². The predicted molar refractivity (Wildman–Crippen MR) is 137 cm³/mol. The third-order valence-electron chi connectivity index (χ3n) is 5.97. The Balaban J connectivity index is 1.24. The second kappa shape index (κ2) is 11.9. The van der Waals surface area contributed by atoms with E-state index in [1.807, 2.05) is 24.3 Å². The first-order valence-corrected chi connectivity index (χ1v) is 11.9. The smallest absolute Gasteiger partial charge is 0.407 e. The van der Waals surface area contributed by atoms with Gasteiger partial charge in [-0.25, -0.2) is 4.79 Å². The number of Topliss-reactive ketones (excluding diaryl/α,β-unsaturated/α-hetero) is 1. The molecule has 6 heteroatoms. The summed E-state index contributed by atoms with van der Waals surface area (Å²) in [5.74, 6) is 5.34. The van der Waals surface area contributed by atoms with Crippen LogP contribution in [0.4, 0.5) is 4.79 Å². The zero-order chi connectivity index (χ0) is 25.3. The van der Waals surface area contributed by atoms with Gasteiger partial charge in [-0.05, 0) is 41.3 Å². The molecule has 3 aromatic carbocycles. The number of esters is 1. The zero-order valence-corrected chi connectivity index (χ0v) is 20.1. The molecule has 0 spiro atoms. The van der Waals surface area contributed by atoms with Gasteiger partial charge in [-0.1, -0.05) is 72.5 Å². The van der Waals surface area contributed by atoms with E-state index in [-0.39, 0.29) is 43.7 Å². The highest BCUT2D eigenvalue weighted by Gasteiger charge is 2.28. The van der Waals surface area contributed by atoms with Crippen LogP contribution in [-0.2, 0) is 14.3 Å². The Kier molecular flexibility index (Phi) is 8.15. The van der Waals surface area contributed by atoms with E-state index in [0.29, 0.717) is 17.7 Å². The van der Waals surface area contributed by atoms with Crippen molar-refractivity contribution in [3.05, 3.63) is 95.1 Å². The lowest BCUT2D eigenvalue weighted by Gasteiger charge is -2.14. The summed E-state index contributed by atoms with van der Waals surface area (Å²) in [6.45, 7) is 2.42. The normalized spacial score (nSPS) is 11.5. The Labute approximate surface area is 210 Å². The molecule has 182 valence electrons. The molecule has 0 saturated heterocycles. The highest BCUT2D eigenvalue weighted by molar-refractivity contribution is 5.97. The standard InChI is InChI=1S/C30H27NO5/c1-2-35-29(33)18-17-28(32)22-15-13-21(14-16-22)8-7-19-31-30(34)36-20-27-25-11-5-3-9-23(25)24-10-4-6-12-26(24)27/h3-6,9-16,27H,2,17-20H2,1H3,(H,31,34). The van der Waals surface area contributed by atoms with E-state index in [0.717, 1.165) is 11.1 Å². The molecule has 1 aliphatic rings. The van der Waals surface area contributed by atoms with Crippen molar-refractivity contribution in [1.82, 2.24) is 5.32 Å². The number of fused-ring (bicyclic) bond motifs is 3. The van der Waals surface area contributed by atoms with Gasteiger partial charge in [0.05, 0.1) is 19.6 Å². The molecule has 1 aliphatic carbocycles. The summed E-state index contributed by atoms with van der Waals surface area (Å²) in [5, 5.41) is 2.66. The molecule has 0 aliphatic heterocycles. The first-order chi connectivity index (χ1) is 17.6. The summed E-state index contributed by atoms with van der Waals surface area (Å²) in [6.07, 6.45) is -0.349. The minimum absolute atomic E-state index is 0.00718. The van der Waals surface area contributed by atoms with Crippen LogP contribution in [0.2, 0.25) is 0 Å². The number of nitrogens with one attached hydrogen (secondary N) is 1. The molecular weight excluding hydrogens is 454 g/mol.